The molecular weight excluding hydrogens is 392 g/mol. The van der Waals surface area contributed by atoms with Crippen molar-refractivity contribution < 1.29 is 10.2 Å². The van der Waals surface area contributed by atoms with Crippen LogP contribution in [0.15, 0.2) is 11.6 Å². The molecule has 0 aromatic carbocycles. The fourth-order valence-electron chi connectivity index (χ4n) is 10.9. The van der Waals surface area contributed by atoms with Gasteiger partial charge in [0.2, 0.25) is 0 Å². The van der Waals surface area contributed by atoms with E-state index in [1.165, 1.54) is 51.4 Å². The zero-order valence-corrected chi connectivity index (χ0v) is 22.0. The lowest BCUT2D eigenvalue weighted by atomic mass is 9.33. The van der Waals surface area contributed by atoms with Gasteiger partial charge in [-0.1, -0.05) is 60.1 Å². The van der Waals surface area contributed by atoms with Gasteiger partial charge in [-0.3, -0.25) is 0 Å². The van der Waals surface area contributed by atoms with E-state index in [1.54, 1.807) is 5.57 Å². The molecule has 0 aromatic rings. The minimum atomic E-state index is -0.153. The highest BCUT2D eigenvalue weighted by molar-refractivity contribution is 5.34. The molecule has 5 aliphatic carbocycles. The van der Waals surface area contributed by atoms with E-state index in [-0.39, 0.29) is 22.3 Å². The third-order valence-corrected chi connectivity index (χ3v) is 13.5. The van der Waals surface area contributed by atoms with Crippen molar-refractivity contribution in [1.82, 2.24) is 0 Å². The monoisotopic (exact) mass is 442 g/mol. The molecule has 0 saturated heterocycles. The van der Waals surface area contributed by atoms with E-state index in [1.807, 2.05) is 0 Å². The molecule has 4 saturated carbocycles. The SMILES string of the molecule is C[C@H]1[C@H](C)CC[C@]2(CO)CC[C@]3(C)C(=CC[C@@H]4[C@@]5(C)CC[C@H](O)C(C)(C)[C@H]5CC[C@]43C)[C@@H]12. The second kappa shape index (κ2) is 7.09. The zero-order valence-electron chi connectivity index (χ0n) is 22.0. The second-order valence-electron chi connectivity index (χ2n) is 14.5. The Morgan fingerprint density at radius 1 is 0.875 bits per heavy atom. The first-order chi connectivity index (χ1) is 14.9. The van der Waals surface area contributed by atoms with Gasteiger partial charge in [0, 0.05) is 12.0 Å². The Labute approximate surface area is 197 Å². The van der Waals surface area contributed by atoms with Crippen LogP contribution in [0.3, 0.4) is 0 Å². The highest BCUT2D eigenvalue weighted by Gasteiger charge is 2.68. The molecule has 182 valence electrons. The lowest BCUT2D eigenvalue weighted by Crippen LogP contribution is -2.65. The van der Waals surface area contributed by atoms with Crippen LogP contribution in [0.1, 0.15) is 106 Å². The average molecular weight is 443 g/mol. The van der Waals surface area contributed by atoms with Crippen LogP contribution in [0.25, 0.3) is 0 Å². The Morgan fingerprint density at radius 2 is 1.59 bits per heavy atom. The van der Waals surface area contributed by atoms with E-state index in [0.717, 1.165) is 12.3 Å². The molecular formula is C30H50O2. The van der Waals surface area contributed by atoms with Crippen LogP contribution in [0, 0.1) is 56.7 Å². The number of fused-ring (bicyclic) bond motifs is 7. The standard InChI is InChI=1S/C30H50O2/c1-19-10-15-30(18-31)17-16-28(6)21(25(30)20(19)2)8-9-23-27(5)13-12-24(32)26(3,4)22(27)11-14-29(23,28)7/h8,19-20,22-25,31-32H,9-18H2,1-7H3/t19-,20+,22-,23-,24+,25-,27+,28-,29-,30-/m1/s1. The maximum atomic E-state index is 10.9. The molecule has 5 aliphatic rings. The minimum absolute atomic E-state index is 0.0190. The molecule has 32 heavy (non-hydrogen) atoms. The Bertz CT molecular complexity index is 799. The van der Waals surface area contributed by atoms with E-state index in [9.17, 15) is 10.2 Å². The topological polar surface area (TPSA) is 40.5 Å². The van der Waals surface area contributed by atoms with Gasteiger partial charge >= 0.3 is 0 Å². The van der Waals surface area contributed by atoms with Crippen LogP contribution < -0.4 is 0 Å². The van der Waals surface area contributed by atoms with E-state index in [4.69, 9.17) is 0 Å². The number of aliphatic hydroxyl groups excluding tert-OH is 2. The van der Waals surface area contributed by atoms with Crippen molar-refractivity contribution in [3.05, 3.63) is 11.6 Å². The van der Waals surface area contributed by atoms with Crippen LogP contribution in [0.2, 0.25) is 0 Å². The fourth-order valence-corrected chi connectivity index (χ4v) is 10.9. The molecule has 0 heterocycles. The van der Waals surface area contributed by atoms with Crippen LogP contribution in [0.4, 0.5) is 0 Å². The van der Waals surface area contributed by atoms with Crippen LogP contribution in [0.5, 0.6) is 0 Å². The summed E-state index contributed by atoms with van der Waals surface area (Å²) < 4.78 is 0. The van der Waals surface area contributed by atoms with Gasteiger partial charge in [0.25, 0.3) is 0 Å². The fraction of sp³-hybridized carbons (Fsp3) is 0.933. The normalized spacial score (nSPS) is 56.8. The average Bonchev–Trinajstić information content (AvgIpc) is 2.74. The van der Waals surface area contributed by atoms with Gasteiger partial charge in [0.05, 0.1) is 6.10 Å². The lowest BCUT2D eigenvalue weighted by molar-refractivity contribution is -0.205. The van der Waals surface area contributed by atoms with E-state index in [0.29, 0.717) is 41.1 Å². The minimum Gasteiger partial charge on any atom is -0.396 e. The van der Waals surface area contributed by atoms with Crippen LogP contribution in [-0.2, 0) is 0 Å². The van der Waals surface area contributed by atoms with Crippen molar-refractivity contribution in [1.29, 1.82) is 0 Å². The summed E-state index contributed by atoms with van der Waals surface area (Å²) in [5.74, 6) is 3.29. The predicted octanol–water partition coefficient (Wildman–Crippen LogP) is 7.00. The summed E-state index contributed by atoms with van der Waals surface area (Å²) in [4.78, 5) is 0. The summed E-state index contributed by atoms with van der Waals surface area (Å²) in [5, 5.41) is 21.6. The Hall–Kier alpha value is -0.340. The maximum Gasteiger partial charge on any atom is 0.0594 e. The van der Waals surface area contributed by atoms with Gasteiger partial charge in [-0.2, -0.15) is 0 Å². The molecule has 0 bridgehead atoms. The van der Waals surface area contributed by atoms with Gasteiger partial charge in [-0.25, -0.2) is 0 Å². The third-order valence-electron chi connectivity index (χ3n) is 13.5. The van der Waals surface area contributed by atoms with Crippen molar-refractivity contribution in [2.24, 2.45) is 56.7 Å². The molecule has 10 atom stereocenters. The molecule has 2 heteroatoms. The van der Waals surface area contributed by atoms with Crippen LogP contribution in [-0.4, -0.2) is 22.9 Å². The molecule has 2 nitrogen and oxygen atoms in total. The smallest absolute Gasteiger partial charge is 0.0594 e. The van der Waals surface area contributed by atoms with E-state index in [2.05, 4.69) is 54.5 Å². The summed E-state index contributed by atoms with van der Waals surface area (Å²) in [5.41, 5.74) is 2.77. The summed E-state index contributed by atoms with van der Waals surface area (Å²) in [6.07, 6.45) is 13.4. The van der Waals surface area contributed by atoms with Crippen molar-refractivity contribution in [3.63, 3.8) is 0 Å². The van der Waals surface area contributed by atoms with Gasteiger partial charge in [-0.15, -0.1) is 0 Å². The molecule has 0 aliphatic heterocycles. The van der Waals surface area contributed by atoms with Crippen molar-refractivity contribution in [2.75, 3.05) is 6.61 Å². The molecule has 4 fully saturated rings. The van der Waals surface area contributed by atoms with Gasteiger partial charge < -0.3 is 10.2 Å². The number of allylic oxidation sites excluding steroid dienone is 2. The van der Waals surface area contributed by atoms with E-state index < -0.39 is 0 Å². The summed E-state index contributed by atoms with van der Waals surface area (Å²) in [6, 6.07) is 0. The second-order valence-corrected chi connectivity index (χ2v) is 14.5. The third kappa shape index (κ3) is 2.66. The van der Waals surface area contributed by atoms with E-state index >= 15 is 0 Å². The van der Waals surface area contributed by atoms with Crippen molar-refractivity contribution in [3.8, 4) is 0 Å². The molecule has 2 N–H and O–H groups in total. The summed E-state index contributed by atoms with van der Waals surface area (Å²) >= 11 is 0. The van der Waals surface area contributed by atoms with Gasteiger partial charge in [-0.05, 0) is 109 Å². The van der Waals surface area contributed by atoms with Crippen molar-refractivity contribution in [2.45, 2.75) is 112 Å². The molecule has 0 amide bonds. The lowest BCUT2D eigenvalue weighted by Gasteiger charge is -2.71. The molecule has 0 aromatic heterocycles. The number of hydrogen-bond acceptors (Lipinski definition) is 2. The largest absolute Gasteiger partial charge is 0.396 e. The summed E-state index contributed by atoms with van der Waals surface area (Å²) in [6.45, 7) is 17.9. The highest BCUT2D eigenvalue weighted by Crippen LogP contribution is 2.75. The molecule has 0 spiro atoms. The highest BCUT2D eigenvalue weighted by atomic mass is 16.3. The van der Waals surface area contributed by atoms with Crippen LogP contribution >= 0.6 is 0 Å². The van der Waals surface area contributed by atoms with Gasteiger partial charge in [0.1, 0.15) is 0 Å². The predicted molar refractivity (Wildman–Crippen MR) is 132 cm³/mol. The van der Waals surface area contributed by atoms with Crippen molar-refractivity contribution >= 4 is 0 Å². The summed E-state index contributed by atoms with van der Waals surface area (Å²) in [7, 11) is 0. The molecule has 0 radical (unpaired) electrons. The molecule has 0 unspecified atom stereocenters. The zero-order chi connectivity index (χ0) is 23.3. The van der Waals surface area contributed by atoms with Gasteiger partial charge in [0.15, 0.2) is 0 Å². The Kier molecular flexibility index (Phi) is 5.19. The molecule has 5 rings (SSSR count). The Morgan fingerprint density at radius 3 is 2.28 bits per heavy atom. The first kappa shape index (κ1) is 23.4. The first-order valence-electron chi connectivity index (χ1n) is 13.9. The number of rotatable bonds is 1. The number of aliphatic hydroxyl groups is 2. The maximum absolute atomic E-state index is 10.9. The first-order valence-corrected chi connectivity index (χ1v) is 13.9. The quantitative estimate of drug-likeness (QED) is 0.429. The Balaban J connectivity index is 1.59. The number of hydrogen-bond donors (Lipinski definition) is 2.